The summed E-state index contributed by atoms with van der Waals surface area (Å²) in [6, 6.07) is 23.6. The fourth-order valence-corrected chi connectivity index (χ4v) is 5.78. The van der Waals surface area contributed by atoms with Crippen molar-refractivity contribution in [2.75, 3.05) is 38.7 Å². The SMILES string of the molecule is COc1ccc(N2CCCN(Cc3cccc4c3ccn4C3CCN(C)C3=O)C2=O)cc1OCc1ccccc1. The van der Waals surface area contributed by atoms with Gasteiger partial charge in [-0.25, -0.2) is 4.79 Å². The molecular formula is C32H34N4O4. The van der Waals surface area contributed by atoms with E-state index in [1.807, 2.05) is 77.6 Å². The van der Waals surface area contributed by atoms with Crippen LogP contribution in [0.2, 0.25) is 0 Å². The molecule has 2 aliphatic rings. The van der Waals surface area contributed by atoms with Gasteiger partial charge >= 0.3 is 6.03 Å². The van der Waals surface area contributed by atoms with E-state index < -0.39 is 0 Å². The maximum atomic E-state index is 13.7. The molecule has 2 fully saturated rings. The van der Waals surface area contributed by atoms with Crippen molar-refractivity contribution >= 4 is 28.5 Å². The molecular weight excluding hydrogens is 504 g/mol. The van der Waals surface area contributed by atoms with Crippen molar-refractivity contribution in [2.24, 2.45) is 0 Å². The van der Waals surface area contributed by atoms with Crippen LogP contribution in [0.5, 0.6) is 11.5 Å². The lowest BCUT2D eigenvalue weighted by Gasteiger charge is -2.36. The minimum absolute atomic E-state index is 0.0329. The number of carbonyl (C=O) groups excluding carboxylic acids is 2. The summed E-state index contributed by atoms with van der Waals surface area (Å²) in [7, 11) is 3.47. The van der Waals surface area contributed by atoms with Gasteiger partial charge in [-0.3, -0.25) is 9.69 Å². The molecule has 3 amide bonds. The topological polar surface area (TPSA) is 67.2 Å². The lowest BCUT2D eigenvalue weighted by molar-refractivity contribution is -0.129. The second-order valence-electron chi connectivity index (χ2n) is 10.5. The highest BCUT2D eigenvalue weighted by Gasteiger charge is 2.32. The van der Waals surface area contributed by atoms with Gasteiger partial charge in [-0.05, 0) is 48.2 Å². The Labute approximate surface area is 234 Å². The zero-order valence-electron chi connectivity index (χ0n) is 23.0. The van der Waals surface area contributed by atoms with Crippen LogP contribution in [0.1, 0.15) is 30.0 Å². The van der Waals surface area contributed by atoms with Crippen LogP contribution in [-0.4, -0.2) is 60.1 Å². The summed E-state index contributed by atoms with van der Waals surface area (Å²) >= 11 is 0. The Morgan fingerprint density at radius 2 is 1.75 bits per heavy atom. The number of aromatic nitrogens is 1. The van der Waals surface area contributed by atoms with E-state index in [9.17, 15) is 9.59 Å². The van der Waals surface area contributed by atoms with Crippen LogP contribution in [0.4, 0.5) is 10.5 Å². The molecule has 0 radical (unpaired) electrons. The molecule has 2 aliphatic heterocycles. The lowest BCUT2D eigenvalue weighted by atomic mass is 10.1. The molecule has 4 aromatic rings. The van der Waals surface area contributed by atoms with Crippen LogP contribution >= 0.6 is 0 Å². The Hall–Kier alpha value is -4.46. The largest absolute Gasteiger partial charge is 0.493 e. The number of likely N-dealkylation sites (tertiary alicyclic amines) is 1. The van der Waals surface area contributed by atoms with Crippen LogP contribution in [0.15, 0.2) is 79.0 Å². The fraction of sp³-hybridized carbons (Fsp3) is 0.312. The first-order valence-electron chi connectivity index (χ1n) is 13.8. The number of anilines is 1. The highest BCUT2D eigenvalue weighted by atomic mass is 16.5. The van der Waals surface area contributed by atoms with E-state index in [0.29, 0.717) is 37.7 Å². The summed E-state index contributed by atoms with van der Waals surface area (Å²) in [4.78, 5) is 31.9. The monoisotopic (exact) mass is 538 g/mol. The second-order valence-corrected chi connectivity index (χ2v) is 10.5. The Morgan fingerprint density at radius 1 is 0.900 bits per heavy atom. The van der Waals surface area contributed by atoms with Gasteiger partial charge in [-0.1, -0.05) is 42.5 Å². The van der Waals surface area contributed by atoms with E-state index in [1.54, 1.807) is 12.0 Å². The quantitative estimate of drug-likeness (QED) is 0.299. The van der Waals surface area contributed by atoms with Crippen LogP contribution in [0, 0.1) is 0 Å². The Bertz CT molecular complexity index is 1530. The first kappa shape index (κ1) is 25.8. The first-order valence-corrected chi connectivity index (χ1v) is 13.8. The van der Waals surface area contributed by atoms with Crippen molar-refractivity contribution in [3.63, 3.8) is 0 Å². The molecule has 1 atom stereocenters. The van der Waals surface area contributed by atoms with Crippen molar-refractivity contribution in [1.82, 2.24) is 14.4 Å². The van der Waals surface area contributed by atoms with E-state index in [1.165, 1.54) is 0 Å². The molecule has 3 aromatic carbocycles. The third kappa shape index (κ3) is 4.85. The molecule has 8 nitrogen and oxygen atoms in total. The number of likely N-dealkylation sites (N-methyl/N-ethyl adjacent to an activating group) is 1. The molecule has 8 heteroatoms. The van der Waals surface area contributed by atoms with Gasteiger partial charge in [0.2, 0.25) is 5.91 Å². The predicted molar refractivity (Wildman–Crippen MR) is 155 cm³/mol. The van der Waals surface area contributed by atoms with E-state index in [4.69, 9.17) is 9.47 Å². The highest BCUT2D eigenvalue weighted by molar-refractivity contribution is 5.94. The van der Waals surface area contributed by atoms with Gasteiger partial charge in [0.1, 0.15) is 12.6 Å². The third-order valence-corrected chi connectivity index (χ3v) is 7.96. The highest BCUT2D eigenvalue weighted by Crippen LogP contribution is 2.34. The molecule has 1 unspecified atom stereocenters. The fourth-order valence-electron chi connectivity index (χ4n) is 5.78. The van der Waals surface area contributed by atoms with Gasteiger partial charge in [-0.2, -0.15) is 0 Å². The standard InChI is InChI=1S/C32H34N4O4/c1-33-18-15-28(31(33)37)36-19-14-26-24(10-6-11-27(26)36)21-34-16-7-17-35(32(34)38)25-12-13-29(39-2)30(20-25)40-22-23-8-4-3-5-9-23/h3-6,8-14,19-20,28H,7,15-18,21-22H2,1-2H3. The van der Waals surface area contributed by atoms with Gasteiger partial charge in [0, 0.05) is 62.1 Å². The number of methoxy groups -OCH3 is 1. The molecule has 3 heterocycles. The molecule has 40 heavy (non-hydrogen) atoms. The summed E-state index contributed by atoms with van der Waals surface area (Å²) in [5.74, 6) is 1.38. The number of hydrogen-bond acceptors (Lipinski definition) is 4. The lowest BCUT2D eigenvalue weighted by Crippen LogP contribution is -2.49. The molecule has 0 spiro atoms. The van der Waals surface area contributed by atoms with E-state index in [2.05, 4.69) is 22.8 Å². The second kappa shape index (κ2) is 11.0. The van der Waals surface area contributed by atoms with E-state index in [-0.39, 0.29) is 18.0 Å². The van der Waals surface area contributed by atoms with Gasteiger partial charge in [0.05, 0.1) is 7.11 Å². The molecule has 206 valence electrons. The zero-order valence-corrected chi connectivity index (χ0v) is 23.0. The number of benzene rings is 3. The number of amides is 3. The number of urea groups is 1. The molecule has 2 saturated heterocycles. The summed E-state index contributed by atoms with van der Waals surface area (Å²) in [6.07, 6.45) is 3.67. The van der Waals surface area contributed by atoms with Crippen LogP contribution in [0.25, 0.3) is 10.9 Å². The van der Waals surface area contributed by atoms with Gasteiger partial charge in [-0.15, -0.1) is 0 Å². The van der Waals surface area contributed by atoms with Crippen molar-refractivity contribution in [3.05, 3.63) is 90.1 Å². The van der Waals surface area contributed by atoms with Crippen LogP contribution < -0.4 is 14.4 Å². The summed E-state index contributed by atoms with van der Waals surface area (Å²) in [6.45, 7) is 3.00. The molecule has 0 saturated carbocycles. The Balaban J connectivity index is 1.21. The zero-order chi connectivity index (χ0) is 27.6. The average molecular weight is 539 g/mol. The molecule has 0 bridgehead atoms. The average Bonchev–Trinajstić information content (AvgIpc) is 3.56. The van der Waals surface area contributed by atoms with Crippen molar-refractivity contribution < 1.29 is 19.1 Å². The van der Waals surface area contributed by atoms with Gasteiger partial charge in [0.15, 0.2) is 11.5 Å². The molecule has 1 aromatic heterocycles. The predicted octanol–water partition coefficient (Wildman–Crippen LogP) is 5.46. The third-order valence-electron chi connectivity index (χ3n) is 7.96. The van der Waals surface area contributed by atoms with E-state index in [0.717, 1.165) is 47.1 Å². The van der Waals surface area contributed by atoms with E-state index >= 15 is 0 Å². The number of hydrogen-bond donors (Lipinski definition) is 0. The summed E-state index contributed by atoms with van der Waals surface area (Å²) in [5.41, 5.74) is 3.95. The number of ether oxygens (including phenoxy) is 2. The minimum Gasteiger partial charge on any atom is -0.493 e. The number of carbonyl (C=O) groups is 2. The number of nitrogens with zero attached hydrogens (tertiary/aromatic N) is 4. The first-order chi connectivity index (χ1) is 19.5. The Kier molecular flexibility index (Phi) is 7.07. The maximum absolute atomic E-state index is 13.7. The summed E-state index contributed by atoms with van der Waals surface area (Å²) in [5, 5.41) is 1.08. The van der Waals surface area contributed by atoms with Crippen molar-refractivity contribution in [3.8, 4) is 11.5 Å². The van der Waals surface area contributed by atoms with Crippen LogP contribution in [0.3, 0.4) is 0 Å². The minimum atomic E-state index is -0.168. The molecule has 6 rings (SSSR count). The number of rotatable bonds is 8. The number of fused-ring (bicyclic) bond motifs is 1. The van der Waals surface area contributed by atoms with Gasteiger partial charge < -0.3 is 23.8 Å². The Morgan fingerprint density at radius 3 is 2.52 bits per heavy atom. The van der Waals surface area contributed by atoms with Crippen LogP contribution in [-0.2, 0) is 17.9 Å². The summed E-state index contributed by atoms with van der Waals surface area (Å²) < 4.78 is 13.7. The van der Waals surface area contributed by atoms with Crippen molar-refractivity contribution in [1.29, 1.82) is 0 Å². The van der Waals surface area contributed by atoms with Crippen molar-refractivity contribution in [2.45, 2.75) is 32.0 Å². The van der Waals surface area contributed by atoms with Gasteiger partial charge in [0.25, 0.3) is 0 Å². The molecule has 0 aliphatic carbocycles. The maximum Gasteiger partial charge on any atom is 0.324 e. The normalized spacial score (nSPS) is 17.6. The molecule has 0 N–H and O–H groups in total. The smallest absolute Gasteiger partial charge is 0.324 e.